The van der Waals surface area contributed by atoms with Crippen LogP contribution in [0.4, 0.5) is 0 Å². The molecule has 1 amide bonds. The Morgan fingerprint density at radius 3 is 2.54 bits per heavy atom. The van der Waals surface area contributed by atoms with Gasteiger partial charge in [-0.1, -0.05) is 12.1 Å². The van der Waals surface area contributed by atoms with E-state index in [0.717, 1.165) is 31.5 Å². The number of benzene rings is 1. The van der Waals surface area contributed by atoms with Gasteiger partial charge in [-0.15, -0.1) is 23.1 Å². The summed E-state index contributed by atoms with van der Waals surface area (Å²) in [5.41, 5.74) is 2.02. The van der Waals surface area contributed by atoms with Crippen LogP contribution in [0.2, 0.25) is 0 Å². The minimum absolute atomic E-state index is 0.203. The molecule has 2 aliphatic rings. The van der Waals surface area contributed by atoms with Crippen LogP contribution in [0.3, 0.4) is 0 Å². The molecule has 2 saturated heterocycles. The van der Waals surface area contributed by atoms with Crippen molar-refractivity contribution in [3.8, 4) is 10.4 Å². The van der Waals surface area contributed by atoms with Gasteiger partial charge in [0.25, 0.3) is 5.91 Å². The topological polar surface area (TPSA) is 23.6 Å². The fourth-order valence-corrected chi connectivity index (χ4v) is 5.63. The lowest BCUT2D eigenvalue weighted by atomic mass is 10.1. The summed E-state index contributed by atoms with van der Waals surface area (Å²) in [4.78, 5) is 18.9. The largest absolute Gasteiger partial charge is 0.334 e. The van der Waals surface area contributed by atoms with Crippen molar-refractivity contribution in [2.45, 2.75) is 35.9 Å². The summed E-state index contributed by atoms with van der Waals surface area (Å²) >= 11 is 3.58. The molecular weight excluding hydrogens is 360 g/mol. The second-order valence-electron chi connectivity index (χ2n) is 7.20. The van der Waals surface area contributed by atoms with Gasteiger partial charge in [0, 0.05) is 29.6 Å². The molecule has 0 N–H and O–H groups in total. The fourth-order valence-electron chi connectivity index (χ4n) is 4.08. The third-order valence-corrected chi connectivity index (χ3v) is 7.72. The Labute approximate surface area is 164 Å². The van der Waals surface area contributed by atoms with Crippen molar-refractivity contribution in [1.82, 2.24) is 9.80 Å². The van der Waals surface area contributed by atoms with Gasteiger partial charge in [-0.25, -0.2) is 0 Å². The van der Waals surface area contributed by atoms with E-state index in [1.165, 1.54) is 40.6 Å². The zero-order valence-electron chi connectivity index (χ0n) is 15.3. The summed E-state index contributed by atoms with van der Waals surface area (Å²) in [5, 5.41) is 0. The highest BCUT2D eigenvalue weighted by molar-refractivity contribution is 8.00. The van der Waals surface area contributed by atoms with Crippen molar-refractivity contribution in [3.63, 3.8) is 0 Å². The Morgan fingerprint density at radius 2 is 1.85 bits per heavy atom. The van der Waals surface area contributed by atoms with E-state index in [1.54, 1.807) is 23.1 Å². The molecule has 26 heavy (non-hydrogen) atoms. The molecule has 0 unspecified atom stereocenters. The maximum atomic E-state index is 13.0. The van der Waals surface area contributed by atoms with Gasteiger partial charge in [-0.05, 0) is 74.9 Å². The minimum Gasteiger partial charge on any atom is -0.334 e. The first-order valence-electron chi connectivity index (χ1n) is 9.52. The number of thiophene rings is 1. The van der Waals surface area contributed by atoms with Gasteiger partial charge >= 0.3 is 0 Å². The number of rotatable bonds is 5. The molecule has 0 spiro atoms. The number of amides is 1. The number of carbonyl (C=O) groups excluding carboxylic acids is 1. The lowest BCUT2D eigenvalue weighted by Crippen LogP contribution is -2.42. The monoisotopic (exact) mass is 386 g/mol. The van der Waals surface area contributed by atoms with Crippen LogP contribution in [0.1, 0.15) is 36.0 Å². The molecule has 2 aliphatic heterocycles. The number of nitrogens with zero attached hydrogens (tertiary/aromatic N) is 2. The average molecular weight is 387 g/mol. The number of likely N-dealkylation sites (tertiary alicyclic amines) is 2. The zero-order valence-corrected chi connectivity index (χ0v) is 17.0. The normalized spacial score (nSPS) is 20.8. The van der Waals surface area contributed by atoms with Crippen LogP contribution in [0.5, 0.6) is 0 Å². The van der Waals surface area contributed by atoms with E-state index in [9.17, 15) is 4.79 Å². The Morgan fingerprint density at radius 1 is 1.08 bits per heavy atom. The molecule has 3 nitrogen and oxygen atoms in total. The molecule has 4 rings (SSSR count). The highest BCUT2D eigenvalue weighted by Gasteiger charge is 2.31. The number of hydrogen-bond acceptors (Lipinski definition) is 4. The maximum Gasteiger partial charge on any atom is 0.254 e. The SMILES string of the molecule is CSc1ccc(-c2ccc(C(=O)N3CCC[C@H]3CN3CCCC3)cc2)s1. The van der Waals surface area contributed by atoms with Crippen LogP contribution < -0.4 is 0 Å². The quantitative estimate of drug-likeness (QED) is 0.687. The van der Waals surface area contributed by atoms with E-state index in [2.05, 4.69) is 40.3 Å². The van der Waals surface area contributed by atoms with E-state index in [0.29, 0.717) is 6.04 Å². The molecular formula is C21H26N2OS2. The van der Waals surface area contributed by atoms with Gasteiger partial charge in [0.1, 0.15) is 0 Å². The van der Waals surface area contributed by atoms with Gasteiger partial charge in [0.2, 0.25) is 0 Å². The van der Waals surface area contributed by atoms with E-state index in [4.69, 9.17) is 0 Å². The molecule has 0 radical (unpaired) electrons. The third-order valence-electron chi connectivity index (χ3n) is 5.50. The Kier molecular flexibility index (Phi) is 5.67. The van der Waals surface area contributed by atoms with Crippen molar-refractivity contribution < 1.29 is 4.79 Å². The van der Waals surface area contributed by atoms with Crippen LogP contribution in [0, 0.1) is 0 Å². The van der Waals surface area contributed by atoms with Crippen LogP contribution in [-0.2, 0) is 0 Å². The second-order valence-corrected chi connectivity index (χ2v) is 9.39. The number of carbonyl (C=O) groups is 1. The van der Waals surface area contributed by atoms with Crippen molar-refractivity contribution >= 4 is 29.0 Å². The third kappa shape index (κ3) is 3.85. The molecule has 0 bridgehead atoms. The molecule has 1 atom stereocenters. The van der Waals surface area contributed by atoms with E-state index in [1.807, 2.05) is 12.1 Å². The van der Waals surface area contributed by atoms with Crippen molar-refractivity contribution in [2.75, 3.05) is 32.4 Å². The summed E-state index contributed by atoms with van der Waals surface area (Å²) < 4.78 is 1.32. The molecule has 3 heterocycles. The zero-order chi connectivity index (χ0) is 17.9. The molecule has 5 heteroatoms. The van der Waals surface area contributed by atoms with E-state index in [-0.39, 0.29) is 5.91 Å². The van der Waals surface area contributed by atoms with E-state index < -0.39 is 0 Å². The predicted octanol–water partition coefficient (Wildman–Crippen LogP) is 4.84. The molecule has 2 aromatic rings. The van der Waals surface area contributed by atoms with Gasteiger partial charge in [0.05, 0.1) is 4.21 Å². The van der Waals surface area contributed by atoms with Crippen LogP contribution in [-0.4, -0.2) is 54.2 Å². The fraction of sp³-hybridized carbons (Fsp3) is 0.476. The Bertz CT molecular complexity index is 750. The van der Waals surface area contributed by atoms with Gasteiger partial charge in [0.15, 0.2) is 0 Å². The molecule has 1 aromatic heterocycles. The lowest BCUT2D eigenvalue weighted by Gasteiger charge is -2.28. The van der Waals surface area contributed by atoms with Gasteiger partial charge < -0.3 is 9.80 Å². The highest BCUT2D eigenvalue weighted by Crippen LogP contribution is 2.33. The standard InChI is InChI=1S/C21H26N2OS2/c1-25-20-11-10-19(26-20)16-6-8-17(9-7-16)21(24)23-14-4-5-18(23)15-22-12-2-3-13-22/h6-11,18H,2-5,12-15H2,1H3/t18-/m0/s1. The Hall–Kier alpha value is -1.30. The molecule has 1 aromatic carbocycles. The molecule has 138 valence electrons. The minimum atomic E-state index is 0.203. The summed E-state index contributed by atoms with van der Waals surface area (Å²) in [6.07, 6.45) is 7.00. The van der Waals surface area contributed by atoms with Crippen LogP contribution in [0.25, 0.3) is 10.4 Å². The summed E-state index contributed by atoms with van der Waals surface area (Å²) in [5.74, 6) is 0.203. The number of hydrogen-bond donors (Lipinski definition) is 0. The van der Waals surface area contributed by atoms with Gasteiger partial charge in [-0.3, -0.25) is 4.79 Å². The smallest absolute Gasteiger partial charge is 0.254 e. The van der Waals surface area contributed by atoms with Gasteiger partial charge in [-0.2, -0.15) is 0 Å². The highest BCUT2D eigenvalue weighted by atomic mass is 32.2. The first-order valence-corrected chi connectivity index (χ1v) is 11.6. The molecule has 0 saturated carbocycles. The molecule has 2 fully saturated rings. The predicted molar refractivity (Wildman–Crippen MR) is 111 cm³/mol. The summed E-state index contributed by atoms with van der Waals surface area (Å²) in [7, 11) is 0. The second kappa shape index (κ2) is 8.15. The lowest BCUT2D eigenvalue weighted by molar-refractivity contribution is 0.0709. The maximum absolute atomic E-state index is 13.0. The molecule has 0 aliphatic carbocycles. The first kappa shape index (κ1) is 18.1. The van der Waals surface area contributed by atoms with E-state index >= 15 is 0 Å². The average Bonchev–Trinajstić information content (AvgIpc) is 3.43. The van der Waals surface area contributed by atoms with Crippen molar-refractivity contribution in [3.05, 3.63) is 42.0 Å². The van der Waals surface area contributed by atoms with Crippen molar-refractivity contribution in [1.29, 1.82) is 0 Å². The van der Waals surface area contributed by atoms with Crippen LogP contribution in [0.15, 0.2) is 40.6 Å². The number of thioether (sulfide) groups is 1. The van der Waals surface area contributed by atoms with Crippen LogP contribution >= 0.6 is 23.1 Å². The Balaban J connectivity index is 1.45. The summed E-state index contributed by atoms with van der Waals surface area (Å²) in [6.45, 7) is 4.36. The summed E-state index contributed by atoms with van der Waals surface area (Å²) in [6, 6.07) is 12.9. The van der Waals surface area contributed by atoms with Crippen molar-refractivity contribution in [2.24, 2.45) is 0 Å². The first-order chi connectivity index (χ1) is 12.7.